The average molecular weight is 315 g/mol. The van der Waals surface area contributed by atoms with Crippen LogP contribution in [0.4, 0.5) is 10.1 Å². The third-order valence-electron chi connectivity index (χ3n) is 3.88. The highest BCUT2D eigenvalue weighted by Crippen LogP contribution is 2.29. The minimum absolute atomic E-state index is 0.119. The second-order valence-corrected chi connectivity index (χ2v) is 6.09. The summed E-state index contributed by atoms with van der Waals surface area (Å²) in [7, 11) is 2.15. The standard InChI is InChI=1S/C14H20BrFN2/c1-14(2)10-18(8-7-17(14)3)13-6-4-5-12(16)11(13)9-15/h4-6H,7-10H2,1-3H3. The van der Waals surface area contributed by atoms with Crippen LogP contribution in [0.1, 0.15) is 19.4 Å². The first kappa shape index (κ1) is 13.8. The second kappa shape index (κ2) is 5.17. The third kappa shape index (κ3) is 2.54. The first-order valence-electron chi connectivity index (χ1n) is 6.25. The Morgan fingerprint density at radius 3 is 2.67 bits per heavy atom. The summed E-state index contributed by atoms with van der Waals surface area (Å²) in [5.41, 5.74) is 1.90. The van der Waals surface area contributed by atoms with Gasteiger partial charge in [0.2, 0.25) is 0 Å². The quantitative estimate of drug-likeness (QED) is 0.773. The lowest BCUT2D eigenvalue weighted by Crippen LogP contribution is -2.57. The zero-order valence-corrected chi connectivity index (χ0v) is 12.8. The first-order valence-corrected chi connectivity index (χ1v) is 7.37. The Labute approximate surface area is 117 Å². The van der Waals surface area contributed by atoms with E-state index >= 15 is 0 Å². The number of rotatable bonds is 2. The van der Waals surface area contributed by atoms with Crippen molar-refractivity contribution in [3.8, 4) is 0 Å². The van der Waals surface area contributed by atoms with E-state index in [1.54, 1.807) is 6.07 Å². The van der Waals surface area contributed by atoms with Crippen LogP contribution >= 0.6 is 15.9 Å². The lowest BCUT2D eigenvalue weighted by atomic mass is 9.98. The number of hydrogen-bond donors (Lipinski definition) is 0. The van der Waals surface area contributed by atoms with Crippen molar-refractivity contribution in [2.75, 3.05) is 31.6 Å². The SMILES string of the molecule is CN1CCN(c2cccc(F)c2CBr)CC1(C)C. The van der Waals surface area contributed by atoms with Crippen molar-refractivity contribution in [1.82, 2.24) is 4.90 Å². The third-order valence-corrected chi connectivity index (χ3v) is 4.45. The summed E-state index contributed by atoms with van der Waals surface area (Å²) in [6, 6.07) is 5.34. The predicted molar refractivity (Wildman–Crippen MR) is 78.0 cm³/mol. The molecule has 0 radical (unpaired) electrons. The molecule has 0 N–H and O–H groups in total. The van der Waals surface area contributed by atoms with Crippen molar-refractivity contribution in [2.45, 2.75) is 24.7 Å². The molecule has 1 aliphatic heterocycles. The maximum absolute atomic E-state index is 13.8. The van der Waals surface area contributed by atoms with E-state index in [4.69, 9.17) is 0 Å². The molecule has 100 valence electrons. The molecule has 1 aliphatic rings. The maximum Gasteiger partial charge on any atom is 0.129 e. The molecule has 2 nitrogen and oxygen atoms in total. The lowest BCUT2D eigenvalue weighted by molar-refractivity contribution is 0.139. The van der Waals surface area contributed by atoms with Gasteiger partial charge in [0.15, 0.2) is 0 Å². The molecule has 1 fully saturated rings. The van der Waals surface area contributed by atoms with E-state index in [2.05, 4.69) is 46.6 Å². The Bertz CT molecular complexity index is 434. The molecule has 0 unspecified atom stereocenters. The molecule has 4 heteroatoms. The Hall–Kier alpha value is -0.610. The van der Waals surface area contributed by atoms with Gasteiger partial charge in [0.05, 0.1) is 0 Å². The van der Waals surface area contributed by atoms with Crippen molar-refractivity contribution >= 4 is 21.6 Å². The molecule has 1 aromatic rings. The molecular formula is C14H20BrFN2. The number of hydrogen-bond acceptors (Lipinski definition) is 2. The van der Waals surface area contributed by atoms with E-state index in [0.29, 0.717) is 5.33 Å². The summed E-state index contributed by atoms with van der Waals surface area (Å²) in [5, 5.41) is 0.557. The Kier molecular flexibility index (Phi) is 3.97. The molecule has 2 rings (SSSR count). The van der Waals surface area contributed by atoms with Gasteiger partial charge in [-0.1, -0.05) is 22.0 Å². The maximum atomic E-state index is 13.8. The fourth-order valence-corrected chi connectivity index (χ4v) is 2.98. The van der Waals surface area contributed by atoms with Gasteiger partial charge < -0.3 is 4.90 Å². The van der Waals surface area contributed by atoms with Crippen LogP contribution in [0.2, 0.25) is 0 Å². The highest BCUT2D eigenvalue weighted by molar-refractivity contribution is 9.08. The van der Waals surface area contributed by atoms with E-state index < -0.39 is 0 Å². The Morgan fingerprint density at radius 1 is 1.33 bits per heavy atom. The summed E-state index contributed by atoms with van der Waals surface area (Å²) in [4.78, 5) is 4.65. The molecule has 0 aromatic heterocycles. The fraction of sp³-hybridized carbons (Fsp3) is 0.571. The van der Waals surface area contributed by atoms with Crippen molar-refractivity contribution < 1.29 is 4.39 Å². The molecule has 0 saturated carbocycles. The van der Waals surface area contributed by atoms with Crippen LogP contribution in [0.15, 0.2) is 18.2 Å². The molecule has 1 heterocycles. The molecule has 0 amide bonds. The minimum atomic E-state index is -0.124. The molecule has 18 heavy (non-hydrogen) atoms. The van der Waals surface area contributed by atoms with Crippen LogP contribution in [0, 0.1) is 5.82 Å². The monoisotopic (exact) mass is 314 g/mol. The zero-order valence-electron chi connectivity index (χ0n) is 11.2. The van der Waals surface area contributed by atoms with Gasteiger partial charge in [-0.2, -0.15) is 0 Å². The average Bonchev–Trinajstić information content (AvgIpc) is 2.32. The first-order chi connectivity index (χ1) is 8.45. The molecule has 0 atom stereocenters. The number of piperazine rings is 1. The topological polar surface area (TPSA) is 6.48 Å². The van der Waals surface area contributed by atoms with Gasteiger partial charge in [-0.05, 0) is 33.0 Å². The van der Waals surface area contributed by atoms with E-state index in [0.717, 1.165) is 30.9 Å². The summed E-state index contributed by atoms with van der Waals surface area (Å²) in [6.07, 6.45) is 0. The minimum Gasteiger partial charge on any atom is -0.368 e. The molecule has 1 saturated heterocycles. The number of likely N-dealkylation sites (N-methyl/N-ethyl adjacent to an activating group) is 1. The molecular weight excluding hydrogens is 295 g/mol. The van der Waals surface area contributed by atoms with Crippen LogP contribution in [0.25, 0.3) is 0 Å². The van der Waals surface area contributed by atoms with Crippen LogP contribution in [0.5, 0.6) is 0 Å². The number of nitrogens with zero attached hydrogens (tertiary/aromatic N) is 2. The van der Waals surface area contributed by atoms with Crippen molar-refractivity contribution in [2.24, 2.45) is 0 Å². The molecule has 0 aliphatic carbocycles. The van der Waals surface area contributed by atoms with E-state index in [1.807, 2.05) is 6.07 Å². The number of alkyl halides is 1. The summed E-state index contributed by atoms with van der Waals surface area (Å²) < 4.78 is 13.8. The zero-order chi connectivity index (χ0) is 13.3. The van der Waals surface area contributed by atoms with Crippen LogP contribution < -0.4 is 4.90 Å². The molecule has 0 bridgehead atoms. The van der Waals surface area contributed by atoms with Gasteiger partial charge in [0.25, 0.3) is 0 Å². The number of anilines is 1. The second-order valence-electron chi connectivity index (χ2n) is 5.53. The van der Waals surface area contributed by atoms with Crippen molar-refractivity contribution in [3.63, 3.8) is 0 Å². The summed E-state index contributed by atoms with van der Waals surface area (Å²) in [6.45, 7) is 7.33. The van der Waals surface area contributed by atoms with Crippen LogP contribution in [0.3, 0.4) is 0 Å². The number of halogens is 2. The van der Waals surface area contributed by atoms with Crippen molar-refractivity contribution in [1.29, 1.82) is 0 Å². The molecule has 0 spiro atoms. The van der Waals surface area contributed by atoms with Gasteiger partial charge in [-0.3, -0.25) is 4.90 Å². The van der Waals surface area contributed by atoms with Crippen LogP contribution in [-0.2, 0) is 5.33 Å². The lowest BCUT2D eigenvalue weighted by Gasteiger charge is -2.46. The van der Waals surface area contributed by atoms with E-state index in [-0.39, 0.29) is 11.4 Å². The summed E-state index contributed by atoms with van der Waals surface area (Å²) in [5.74, 6) is -0.124. The van der Waals surface area contributed by atoms with Crippen molar-refractivity contribution in [3.05, 3.63) is 29.6 Å². The molecule has 1 aromatic carbocycles. The fourth-order valence-electron chi connectivity index (χ4n) is 2.42. The van der Waals surface area contributed by atoms with Gasteiger partial charge in [0.1, 0.15) is 5.82 Å². The summed E-state index contributed by atoms with van der Waals surface area (Å²) >= 11 is 3.39. The Morgan fingerprint density at radius 2 is 2.06 bits per heavy atom. The largest absolute Gasteiger partial charge is 0.368 e. The number of benzene rings is 1. The van der Waals surface area contributed by atoms with Gasteiger partial charge in [-0.15, -0.1) is 0 Å². The van der Waals surface area contributed by atoms with Crippen LogP contribution in [-0.4, -0.2) is 37.1 Å². The van der Waals surface area contributed by atoms with Gasteiger partial charge >= 0.3 is 0 Å². The van der Waals surface area contributed by atoms with Gasteiger partial charge in [0, 0.05) is 41.8 Å². The smallest absolute Gasteiger partial charge is 0.129 e. The highest BCUT2D eigenvalue weighted by Gasteiger charge is 2.31. The predicted octanol–water partition coefficient (Wildman–Crippen LogP) is 3.25. The highest BCUT2D eigenvalue weighted by atomic mass is 79.9. The van der Waals surface area contributed by atoms with E-state index in [9.17, 15) is 4.39 Å². The van der Waals surface area contributed by atoms with E-state index in [1.165, 1.54) is 6.07 Å². The normalized spacial score (nSPS) is 20.2. The van der Waals surface area contributed by atoms with Gasteiger partial charge in [-0.25, -0.2) is 4.39 Å². The Balaban J connectivity index is 2.30.